The Morgan fingerprint density at radius 1 is 2.00 bits per heavy atom. The summed E-state index contributed by atoms with van der Waals surface area (Å²) in [5, 5.41) is 8.02. The van der Waals surface area contributed by atoms with Gasteiger partial charge in [0.05, 0.1) is 0 Å². The largest absolute Gasteiger partial charge is 0.191 e. The smallest absolute Gasteiger partial charge is 0.125 e. The molecule has 0 saturated heterocycles. The van der Waals surface area contributed by atoms with Crippen molar-refractivity contribution in [1.82, 2.24) is 0 Å². The van der Waals surface area contributed by atoms with Gasteiger partial charge < -0.3 is 0 Å². The third-order valence-corrected chi connectivity index (χ3v) is 1.12. The van der Waals surface area contributed by atoms with Crippen LogP contribution >= 0.6 is 27.5 Å². The van der Waals surface area contributed by atoms with Crippen molar-refractivity contribution in [2.45, 2.75) is 0 Å². The maximum atomic E-state index is 7.85. The van der Waals surface area contributed by atoms with Crippen molar-refractivity contribution in [1.29, 1.82) is 5.26 Å². The average Bonchev–Trinajstić information content (AvgIpc) is 1.65. The summed E-state index contributed by atoms with van der Waals surface area (Å²) in [6, 6.07) is 1.69. The topological polar surface area (TPSA) is 23.8 Å². The van der Waals surface area contributed by atoms with Gasteiger partial charge in [-0.25, -0.2) is 0 Å². The lowest BCUT2D eigenvalue weighted by atomic mass is 10.7. The molecule has 0 aliphatic carbocycles. The highest BCUT2D eigenvalue weighted by Gasteiger charge is 1.76. The molecule has 0 aliphatic rings. The summed E-state index contributed by atoms with van der Waals surface area (Å²) in [6.07, 6.45) is 0. The van der Waals surface area contributed by atoms with Gasteiger partial charge >= 0.3 is 0 Å². The summed E-state index contributed by atoms with van der Waals surface area (Å²) in [7, 11) is 0. The number of nitriles is 1. The number of halogens is 2. The summed E-state index contributed by atoms with van der Waals surface area (Å²) >= 11 is 7.96. The van der Waals surface area contributed by atoms with E-state index in [4.69, 9.17) is 16.9 Å². The van der Waals surface area contributed by atoms with Crippen LogP contribution in [0.2, 0.25) is 0 Å². The monoisotopic (exact) mass is 165 g/mol. The highest BCUT2D eigenvalue weighted by molar-refractivity contribution is 9.11. The number of hydrogen-bond acceptors (Lipinski definition) is 1. The zero-order valence-electron chi connectivity index (χ0n) is 2.78. The molecule has 0 radical (unpaired) electrons. The van der Waals surface area contributed by atoms with E-state index in [1.54, 1.807) is 6.07 Å². The van der Waals surface area contributed by atoms with E-state index in [1.165, 1.54) is 4.99 Å². The fraction of sp³-hybridized carbons (Fsp3) is 0. The first-order chi connectivity index (χ1) is 2.81. The number of allylic oxidation sites excluding steroid dienone is 1. The molecule has 0 bridgehead atoms. The third-order valence-electron chi connectivity index (χ3n) is 0.203. The second-order valence-electron chi connectivity index (χ2n) is 0.569. The van der Waals surface area contributed by atoms with E-state index in [2.05, 4.69) is 15.9 Å². The van der Waals surface area contributed by atoms with Crippen LogP contribution in [0.15, 0.2) is 10.0 Å². The minimum Gasteiger partial charge on any atom is -0.191 e. The Hall–Kier alpha value is -0.0000000000000000555. The van der Waals surface area contributed by atoms with Crippen LogP contribution in [0.1, 0.15) is 0 Å². The summed E-state index contributed by atoms with van der Waals surface area (Å²) < 4.78 is 0. The Labute approximate surface area is 49.3 Å². The van der Waals surface area contributed by atoms with Crippen LogP contribution in [0.25, 0.3) is 0 Å². The zero-order chi connectivity index (χ0) is 4.99. The number of rotatable bonds is 0. The van der Waals surface area contributed by atoms with Gasteiger partial charge in [0.15, 0.2) is 0 Å². The van der Waals surface area contributed by atoms with Gasteiger partial charge in [-0.2, -0.15) is 5.26 Å². The zero-order valence-corrected chi connectivity index (χ0v) is 5.12. The van der Waals surface area contributed by atoms with Gasteiger partial charge in [0.25, 0.3) is 0 Å². The van der Waals surface area contributed by atoms with Crippen LogP contribution in [-0.4, -0.2) is 0 Å². The molecule has 6 heavy (non-hydrogen) atoms. The van der Waals surface area contributed by atoms with Crippen molar-refractivity contribution in [3.05, 3.63) is 10.0 Å². The predicted octanol–water partition coefficient (Wildman–Crippen LogP) is 1.99. The highest BCUT2D eigenvalue weighted by Crippen LogP contribution is 1.99. The van der Waals surface area contributed by atoms with E-state index in [9.17, 15) is 0 Å². The van der Waals surface area contributed by atoms with Crippen molar-refractivity contribution in [3.63, 3.8) is 0 Å². The minimum atomic E-state index is 0.162. The molecular weight excluding hydrogens is 165 g/mol. The van der Waals surface area contributed by atoms with Crippen LogP contribution in [0.4, 0.5) is 0 Å². The molecule has 0 heterocycles. The molecule has 0 saturated carbocycles. The lowest BCUT2D eigenvalue weighted by Crippen LogP contribution is -1.49. The molecule has 0 spiro atoms. The minimum absolute atomic E-state index is 0.162. The molecule has 32 valence electrons. The summed E-state index contributed by atoms with van der Waals surface area (Å²) in [5.74, 6) is 0. The predicted molar refractivity (Wildman–Crippen MR) is 28.5 cm³/mol. The molecular formula is C3HBrClN. The molecule has 0 N–H and O–H groups in total. The van der Waals surface area contributed by atoms with E-state index in [-0.39, 0.29) is 5.03 Å². The third kappa shape index (κ3) is 2.25. The Kier molecular flexibility index (Phi) is 3.20. The Bertz CT molecular complexity index is 102. The first kappa shape index (κ1) is 6.00. The summed E-state index contributed by atoms with van der Waals surface area (Å²) in [5.41, 5.74) is 0. The van der Waals surface area contributed by atoms with Crippen LogP contribution < -0.4 is 0 Å². The number of nitrogens with zero attached hydrogens (tertiary/aromatic N) is 1. The molecule has 0 aromatic rings. The fourth-order valence-electron chi connectivity index (χ4n) is 0.0244. The molecule has 0 rings (SSSR count). The van der Waals surface area contributed by atoms with Crippen LogP contribution in [0.3, 0.4) is 0 Å². The lowest BCUT2D eigenvalue weighted by molar-refractivity contribution is 1.53. The molecule has 3 heteroatoms. The van der Waals surface area contributed by atoms with Crippen molar-refractivity contribution in [3.8, 4) is 6.07 Å². The van der Waals surface area contributed by atoms with Crippen LogP contribution in [-0.2, 0) is 0 Å². The molecule has 0 aliphatic heterocycles. The van der Waals surface area contributed by atoms with Crippen LogP contribution in [0.5, 0.6) is 0 Å². The molecule has 0 fully saturated rings. The van der Waals surface area contributed by atoms with Crippen molar-refractivity contribution in [2.75, 3.05) is 0 Å². The van der Waals surface area contributed by atoms with Gasteiger partial charge in [0.2, 0.25) is 0 Å². The summed E-state index contributed by atoms with van der Waals surface area (Å²) in [4.78, 5) is 1.36. The Balaban J connectivity index is 3.61. The first-order valence-electron chi connectivity index (χ1n) is 1.17. The van der Waals surface area contributed by atoms with E-state index >= 15 is 0 Å². The molecule has 0 aromatic heterocycles. The van der Waals surface area contributed by atoms with Gasteiger partial charge in [-0.05, 0) is 0 Å². The van der Waals surface area contributed by atoms with Gasteiger partial charge in [0.1, 0.15) is 11.1 Å². The van der Waals surface area contributed by atoms with Crippen molar-refractivity contribution in [2.24, 2.45) is 0 Å². The molecule has 0 aromatic carbocycles. The second-order valence-corrected chi connectivity index (χ2v) is 1.43. The standard InChI is InChI=1S/C3HBrClN/c4-1-3(5)2-6/h1H/b3-1+. The summed E-state index contributed by atoms with van der Waals surface area (Å²) in [6.45, 7) is 0. The van der Waals surface area contributed by atoms with Crippen LogP contribution in [0, 0.1) is 11.3 Å². The lowest BCUT2D eigenvalue weighted by Gasteiger charge is -1.65. The molecule has 1 nitrogen and oxygen atoms in total. The van der Waals surface area contributed by atoms with E-state index in [0.717, 1.165) is 0 Å². The molecule has 0 unspecified atom stereocenters. The van der Waals surface area contributed by atoms with E-state index < -0.39 is 0 Å². The normalized spacial score (nSPS) is 10.5. The Morgan fingerprint density at radius 2 is 2.50 bits per heavy atom. The maximum absolute atomic E-state index is 7.85. The Morgan fingerprint density at radius 3 is 2.50 bits per heavy atom. The van der Waals surface area contributed by atoms with Gasteiger partial charge in [-0.15, -0.1) is 0 Å². The SMILES string of the molecule is N#C/C(Cl)=C\Br. The molecule has 0 atom stereocenters. The maximum Gasteiger partial charge on any atom is 0.125 e. The highest BCUT2D eigenvalue weighted by atomic mass is 79.9. The fourth-order valence-corrected chi connectivity index (χ4v) is 0.127. The first-order valence-corrected chi connectivity index (χ1v) is 2.46. The van der Waals surface area contributed by atoms with Gasteiger partial charge in [-0.1, -0.05) is 27.5 Å². The van der Waals surface area contributed by atoms with Crippen molar-refractivity contribution < 1.29 is 0 Å². The quantitative estimate of drug-likeness (QED) is 0.505. The van der Waals surface area contributed by atoms with E-state index in [1.807, 2.05) is 0 Å². The van der Waals surface area contributed by atoms with Gasteiger partial charge in [0, 0.05) is 4.99 Å². The number of hydrogen-bond donors (Lipinski definition) is 0. The second kappa shape index (κ2) is 3.20. The van der Waals surface area contributed by atoms with Crippen molar-refractivity contribution >= 4 is 27.5 Å². The van der Waals surface area contributed by atoms with Gasteiger partial charge in [-0.3, -0.25) is 0 Å². The molecule has 0 amide bonds. The average molecular weight is 166 g/mol. The van der Waals surface area contributed by atoms with E-state index in [0.29, 0.717) is 0 Å².